The number of carboxylic acids is 1. The average Bonchev–Trinajstić information content (AvgIpc) is 3.52. The molecule has 13 heteroatoms. The summed E-state index contributed by atoms with van der Waals surface area (Å²) in [6.45, 7) is 4.92. The third-order valence-electron chi connectivity index (χ3n) is 7.50. The number of amides is 3. The fourth-order valence-corrected chi connectivity index (χ4v) is 6.69. The van der Waals surface area contributed by atoms with E-state index in [0.717, 1.165) is 0 Å². The van der Waals surface area contributed by atoms with Gasteiger partial charge in [-0.15, -0.1) is 11.8 Å². The van der Waals surface area contributed by atoms with Crippen molar-refractivity contribution in [3.63, 3.8) is 0 Å². The summed E-state index contributed by atoms with van der Waals surface area (Å²) in [5.41, 5.74) is 1.19. The summed E-state index contributed by atoms with van der Waals surface area (Å²) in [6, 6.07) is 22.7. The summed E-state index contributed by atoms with van der Waals surface area (Å²) in [6.07, 6.45) is -3.44. The molecule has 4 N–H and O–H groups in total. The van der Waals surface area contributed by atoms with Gasteiger partial charge in [0.15, 0.2) is 6.10 Å². The predicted molar refractivity (Wildman–Crippen MR) is 182 cm³/mol. The lowest BCUT2D eigenvalue weighted by Crippen LogP contribution is -2.58. The van der Waals surface area contributed by atoms with Crippen LogP contribution in [0.3, 0.4) is 0 Å². The zero-order valence-electron chi connectivity index (χ0n) is 27.5. The van der Waals surface area contributed by atoms with Gasteiger partial charge in [0.2, 0.25) is 11.8 Å². The number of carbonyl (C=O) groups excluding carboxylic acids is 4. The minimum Gasteiger partial charge on any atom is -0.479 e. The SMILES string of the molecule is CC(C)(C)OC(=O)C[C@H](NC(=O)OCc1ccccc1)C(=O)N1C(c2ccccc2)SC[C@H]1C(=O)N[C@@H](Cc1ccccc1)C(O)C(=O)O. The number of hydrogen-bond acceptors (Lipinski definition) is 9. The van der Waals surface area contributed by atoms with Gasteiger partial charge in [-0.05, 0) is 43.9 Å². The molecule has 2 unspecified atom stereocenters. The average molecular weight is 692 g/mol. The van der Waals surface area contributed by atoms with Gasteiger partial charge in [0.25, 0.3) is 0 Å². The van der Waals surface area contributed by atoms with Crippen molar-refractivity contribution in [1.82, 2.24) is 15.5 Å². The highest BCUT2D eigenvalue weighted by Crippen LogP contribution is 2.42. The van der Waals surface area contributed by atoms with Crippen molar-refractivity contribution in [2.24, 2.45) is 0 Å². The van der Waals surface area contributed by atoms with E-state index in [2.05, 4.69) is 10.6 Å². The molecule has 3 amide bonds. The number of aliphatic carboxylic acids is 1. The van der Waals surface area contributed by atoms with Crippen LogP contribution in [-0.2, 0) is 41.7 Å². The van der Waals surface area contributed by atoms with Crippen molar-refractivity contribution in [2.75, 3.05) is 5.75 Å². The number of carbonyl (C=O) groups is 5. The van der Waals surface area contributed by atoms with Gasteiger partial charge in [0.05, 0.1) is 12.5 Å². The van der Waals surface area contributed by atoms with E-state index in [4.69, 9.17) is 9.47 Å². The van der Waals surface area contributed by atoms with Gasteiger partial charge in [-0.3, -0.25) is 14.4 Å². The van der Waals surface area contributed by atoms with E-state index >= 15 is 0 Å². The first kappa shape index (κ1) is 36.9. The lowest BCUT2D eigenvalue weighted by molar-refractivity contribution is -0.157. The molecule has 0 radical (unpaired) electrons. The van der Waals surface area contributed by atoms with Crippen LogP contribution in [0.5, 0.6) is 0 Å². The monoisotopic (exact) mass is 691 g/mol. The molecule has 3 aromatic rings. The quantitative estimate of drug-likeness (QED) is 0.193. The first-order valence-electron chi connectivity index (χ1n) is 15.8. The normalized spacial score (nSPS) is 17.7. The van der Waals surface area contributed by atoms with Crippen LogP contribution in [0.25, 0.3) is 0 Å². The molecule has 5 atom stereocenters. The molecule has 1 saturated heterocycles. The van der Waals surface area contributed by atoms with E-state index in [0.29, 0.717) is 16.7 Å². The minimum atomic E-state index is -1.94. The summed E-state index contributed by atoms with van der Waals surface area (Å²) in [7, 11) is 0. The molecule has 1 fully saturated rings. The molecule has 0 aromatic heterocycles. The van der Waals surface area contributed by atoms with Crippen LogP contribution < -0.4 is 10.6 Å². The molecule has 260 valence electrons. The molecule has 1 aliphatic rings. The van der Waals surface area contributed by atoms with E-state index in [1.165, 1.54) is 16.7 Å². The highest BCUT2D eigenvalue weighted by Gasteiger charge is 2.46. The number of aliphatic hydroxyl groups is 1. The van der Waals surface area contributed by atoms with Gasteiger partial charge in [0.1, 0.15) is 29.7 Å². The van der Waals surface area contributed by atoms with Crippen molar-refractivity contribution in [3.8, 4) is 0 Å². The summed E-state index contributed by atoms with van der Waals surface area (Å²) in [5, 5.41) is 24.6. The summed E-state index contributed by atoms with van der Waals surface area (Å²) in [4.78, 5) is 67.6. The molecular weight excluding hydrogens is 650 g/mol. The van der Waals surface area contributed by atoms with Crippen LogP contribution in [0.15, 0.2) is 91.0 Å². The maximum Gasteiger partial charge on any atom is 0.408 e. The molecule has 0 bridgehead atoms. The predicted octanol–water partition coefficient (Wildman–Crippen LogP) is 3.83. The molecule has 4 rings (SSSR count). The fraction of sp³-hybridized carbons (Fsp3) is 0.361. The largest absolute Gasteiger partial charge is 0.479 e. The lowest BCUT2D eigenvalue weighted by Gasteiger charge is -2.33. The van der Waals surface area contributed by atoms with Crippen molar-refractivity contribution in [2.45, 2.75) is 75.4 Å². The number of aliphatic hydroxyl groups excluding tert-OH is 1. The van der Waals surface area contributed by atoms with Crippen molar-refractivity contribution < 1.29 is 43.7 Å². The Morgan fingerprint density at radius 1 is 0.878 bits per heavy atom. The number of benzene rings is 3. The van der Waals surface area contributed by atoms with Crippen LogP contribution in [0.2, 0.25) is 0 Å². The zero-order chi connectivity index (χ0) is 35.6. The molecule has 49 heavy (non-hydrogen) atoms. The summed E-state index contributed by atoms with van der Waals surface area (Å²) < 4.78 is 10.8. The van der Waals surface area contributed by atoms with Gasteiger partial charge in [-0.1, -0.05) is 91.0 Å². The van der Waals surface area contributed by atoms with Gasteiger partial charge in [-0.2, -0.15) is 0 Å². The third kappa shape index (κ3) is 10.8. The van der Waals surface area contributed by atoms with Gasteiger partial charge in [-0.25, -0.2) is 9.59 Å². The molecule has 3 aromatic carbocycles. The maximum atomic E-state index is 14.5. The third-order valence-corrected chi connectivity index (χ3v) is 8.82. The Labute approximate surface area is 289 Å². The number of esters is 1. The second-order valence-corrected chi connectivity index (χ2v) is 13.6. The number of nitrogens with zero attached hydrogens (tertiary/aromatic N) is 1. The smallest absolute Gasteiger partial charge is 0.408 e. The summed E-state index contributed by atoms with van der Waals surface area (Å²) >= 11 is 1.29. The van der Waals surface area contributed by atoms with Crippen LogP contribution in [0.4, 0.5) is 4.79 Å². The van der Waals surface area contributed by atoms with Gasteiger partial charge < -0.3 is 35.2 Å². The Hall–Kier alpha value is -4.88. The first-order chi connectivity index (χ1) is 23.3. The van der Waals surface area contributed by atoms with Crippen molar-refractivity contribution in [3.05, 3.63) is 108 Å². The van der Waals surface area contributed by atoms with Gasteiger partial charge in [0, 0.05) is 5.75 Å². The van der Waals surface area contributed by atoms with E-state index in [9.17, 15) is 34.2 Å². The standard InChI is InChI=1S/C36H41N3O9S/c1-36(2,3)48-29(40)20-27(38-35(46)47-21-24-15-9-5-10-16-24)32(43)39-28(22-49-33(39)25-17-11-6-12-18-25)31(42)37-26(30(41)34(44)45)19-23-13-7-4-8-14-23/h4-18,26-28,30,33,41H,19-22H2,1-3H3,(H,37,42)(H,38,46)(H,44,45)/t26-,27-,28-,30?,33?/m0/s1. The first-order valence-corrected chi connectivity index (χ1v) is 16.8. The Bertz CT molecular complexity index is 1590. The number of carboxylic acid groups (broad SMARTS) is 1. The van der Waals surface area contributed by atoms with Crippen molar-refractivity contribution in [1.29, 1.82) is 0 Å². The number of nitrogens with one attached hydrogen (secondary N) is 2. The van der Waals surface area contributed by atoms with Crippen molar-refractivity contribution >= 4 is 41.6 Å². The summed E-state index contributed by atoms with van der Waals surface area (Å²) in [5.74, 6) is -3.63. The molecule has 1 aliphatic heterocycles. The topological polar surface area (TPSA) is 172 Å². The second kappa shape index (κ2) is 17.0. The fourth-order valence-electron chi connectivity index (χ4n) is 5.25. The number of ether oxygens (including phenoxy) is 2. The van der Waals surface area contributed by atoms with Crippen LogP contribution >= 0.6 is 11.8 Å². The molecule has 0 saturated carbocycles. The number of hydrogen-bond donors (Lipinski definition) is 4. The molecule has 0 spiro atoms. The Balaban J connectivity index is 1.63. The van der Waals surface area contributed by atoms with E-state index < -0.39 is 71.5 Å². The van der Waals surface area contributed by atoms with Crippen LogP contribution in [0, 0.1) is 0 Å². The van der Waals surface area contributed by atoms with E-state index in [1.807, 2.05) is 6.07 Å². The lowest BCUT2D eigenvalue weighted by atomic mass is 10.0. The van der Waals surface area contributed by atoms with E-state index in [1.54, 1.807) is 106 Å². The van der Waals surface area contributed by atoms with E-state index in [-0.39, 0.29) is 18.8 Å². The highest BCUT2D eigenvalue weighted by molar-refractivity contribution is 7.99. The molecule has 0 aliphatic carbocycles. The number of thioether (sulfide) groups is 1. The molecular formula is C36H41N3O9S. The van der Waals surface area contributed by atoms with Crippen LogP contribution in [-0.4, -0.2) is 80.5 Å². The number of alkyl carbamates (subject to hydrolysis) is 1. The van der Waals surface area contributed by atoms with Gasteiger partial charge >= 0.3 is 18.0 Å². The second-order valence-electron chi connectivity index (χ2n) is 12.5. The zero-order valence-corrected chi connectivity index (χ0v) is 28.3. The number of rotatable bonds is 13. The Morgan fingerprint density at radius 2 is 1.45 bits per heavy atom. The Morgan fingerprint density at radius 3 is 2.02 bits per heavy atom. The Kier molecular flexibility index (Phi) is 12.8. The highest BCUT2D eigenvalue weighted by atomic mass is 32.2. The maximum absolute atomic E-state index is 14.5. The minimum absolute atomic E-state index is 0.00600. The molecule has 1 heterocycles. The van der Waals surface area contributed by atoms with Crippen LogP contribution in [0.1, 0.15) is 49.3 Å². The molecule has 12 nitrogen and oxygen atoms in total.